The summed E-state index contributed by atoms with van der Waals surface area (Å²) >= 11 is -0.338. The van der Waals surface area contributed by atoms with E-state index in [1.54, 1.807) is 0 Å². The van der Waals surface area contributed by atoms with Gasteiger partial charge in [-0.05, 0) is 0 Å². The zero-order valence-electron chi connectivity index (χ0n) is 20.2. The number of thiophene rings is 1. The average molecular weight is 618 g/mol. The Kier molecular flexibility index (Phi) is 5.13. The van der Waals surface area contributed by atoms with Gasteiger partial charge in [-0.3, -0.25) is 0 Å². The Balaban J connectivity index is 1.44. The molecule has 5 aromatic carbocycles. The van der Waals surface area contributed by atoms with Crippen LogP contribution < -0.4 is 0 Å². The topological polar surface area (TPSA) is 38.7 Å². The zero-order chi connectivity index (χ0) is 25.1. The first kappa shape index (κ1) is 22.1. The van der Waals surface area contributed by atoms with Gasteiger partial charge in [-0.15, -0.1) is 0 Å². The van der Waals surface area contributed by atoms with Gasteiger partial charge in [0.25, 0.3) is 0 Å². The summed E-state index contributed by atoms with van der Waals surface area (Å²) in [5.41, 5.74) is 4.69. The minimum atomic E-state index is -2.24. The SMILES string of the molecule is c1ccc(-c2nc(-c3ccccc3)nc(I3c4ccccc4-c4ccc5c(sc6ccccc65)c43)n2)cc1. The van der Waals surface area contributed by atoms with Crippen LogP contribution in [0.5, 0.6) is 0 Å². The van der Waals surface area contributed by atoms with E-state index >= 15 is 0 Å². The van der Waals surface area contributed by atoms with E-state index in [9.17, 15) is 0 Å². The van der Waals surface area contributed by atoms with E-state index in [0.29, 0.717) is 0 Å². The fourth-order valence-electron chi connectivity index (χ4n) is 5.14. The van der Waals surface area contributed by atoms with Crippen molar-refractivity contribution in [1.82, 2.24) is 15.0 Å². The Bertz CT molecular complexity index is 1930. The molecule has 0 saturated heterocycles. The summed E-state index contributed by atoms with van der Waals surface area (Å²) < 4.78 is 6.51. The van der Waals surface area contributed by atoms with Crippen molar-refractivity contribution in [2.24, 2.45) is 0 Å². The molecule has 2 aromatic heterocycles. The van der Waals surface area contributed by atoms with Crippen molar-refractivity contribution in [2.75, 3.05) is 0 Å². The summed E-state index contributed by atoms with van der Waals surface area (Å²) in [7, 11) is 0. The summed E-state index contributed by atoms with van der Waals surface area (Å²) in [6, 6.07) is 42.8. The molecule has 0 atom stereocenters. The molecule has 7 aromatic rings. The maximum atomic E-state index is 5.22. The second-order valence-corrected chi connectivity index (χ2v) is 15.0. The third-order valence-corrected chi connectivity index (χ3v) is 14.2. The number of halogens is 1. The first-order valence-corrected chi connectivity index (χ1v) is 16.5. The number of hydrogen-bond donors (Lipinski definition) is 0. The molecule has 0 fully saturated rings. The van der Waals surface area contributed by atoms with E-state index in [1.807, 2.05) is 47.7 Å². The molecule has 8 rings (SSSR count). The molecule has 38 heavy (non-hydrogen) atoms. The van der Waals surface area contributed by atoms with Crippen LogP contribution in [0.1, 0.15) is 0 Å². The summed E-state index contributed by atoms with van der Waals surface area (Å²) in [6.07, 6.45) is 0. The van der Waals surface area contributed by atoms with Gasteiger partial charge >= 0.3 is 232 Å². The van der Waals surface area contributed by atoms with E-state index in [0.717, 1.165) is 26.6 Å². The van der Waals surface area contributed by atoms with Crippen molar-refractivity contribution in [1.29, 1.82) is 0 Å². The molecule has 1 aliphatic rings. The predicted molar refractivity (Wildman–Crippen MR) is 166 cm³/mol. The number of nitrogens with zero attached hydrogens (tertiary/aromatic N) is 3. The van der Waals surface area contributed by atoms with Crippen LogP contribution in [-0.2, 0) is 0 Å². The number of fused-ring (bicyclic) bond motifs is 7. The molecule has 0 spiro atoms. The van der Waals surface area contributed by atoms with Crippen LogP contribution >= 0.6 is 31.2 Å². The van der Waals surface area contributed by atoms with Crippen LogP contribution in [0.2, 0.25) is 0 Å². The van der Waals surface area contributed by atoms with Crippen molar-refractivity contribution >= 4 is 51.3 Å². The van der Waals surface area contributed by atoms with Crippen LogP contribution in [0.15, 0.2) is 121 Å². The molecular weight excluding hydrogens is 597 g/mol. The number of hydrogen-bond acceptors (Lipinski definition) is 4. The minimum absolute atomic E-state index is 0.737. The molecule has 1 aliphatic heterocycles. The van der Waals surface area contributed by atoms with Gasteiger partial charge in [-0.25, -0.2) is 0 Å². The van der Waals surface area contributed by atoms with Gasteiger partial charge < -0.3 is 0 Å². The van der Waals surface area contributed by atoms with Gasteiger partial charge in [0, 0.05) is 0 Å². The molecule has 0 bridgehead atoms. The van der Waals surface area contributed by atoms with Gasteiger partial charge in [-0.1, -0.05) is 0 Å². The molecule has 180 valence electrons. The van der Waals surface area contributed by atoms with Crippen molar-refractivity contribution < 1.29 is 0 Å². The molecule has 0 amide bonds. The Morgan fingerprint density at radius 1 is 0.500 bits per heavy atom. The second kappa shape index (κ2) is 8.82. The van der Waals surface area contributed by atoms with E-state index < -0.39 is 19.8 Å². The number of benzene rings is 5. The van der Waals surface area contributed by atoms with E-state index in [1.165, 1.54) is 38.4 Å². The zero-order valence-corrected chi connectivity index (χ0v) is 23.1. The van der Waals surface area contributed by atoms with Gasteiger partial charge in [0.05, 0.1) is 0 Å². The third-order valence-electron chi connectivity index (χ3n) is 6.88. The molecule has 0 unspecified atom stereocenters. The second-order valence-electron chi connectivity index (χ2n) is 9.15. The maximum absolute atomic E-state index is 5.22. The Labute approximate surface area is 231 Å². The Morgan fingerprint density at radius 3 is 1.87 bits per heavy atom. The summed E-state index contributed by atoms with van der Waals surface area (Å²) in [5.74, 6) is 1.47. The van der Waals surface area contributed by atoms with Crippen LogP contribution in [0.4, 0.5) is 0 Å². The Morgan fingerprint density at radius 2 is 1.13 bits per heavy atom. The molecular formula is C33H20IN3S. The van der Waals surface area contributed by atoms with Gasteiger partial charge in [0.1, 0.15) is 0 Å². The van der Waals surface area contributed by atoms with Crippen molar-refractivity contribution in [3.8, 4) is 33.9 Å². The molecule has 0 aliphatic carbocycles. The monoisotopic (exact) mass is 617 g/mol. The van der Waals surface area contributed by atoms with Crippen LogP contribution in [0, 0.1) is 11.0 Å². The molecule has 5 heteroatoms. The van der Waals surface area contributed by atoms with Crippen LogP contribution in [-0.4, -0.2) is 15.0 Å². The van der Waals surface area contributed by atoms with E-state index in [4.69, 9.17) is 15.0 Å². The van der Waals surface area contributed by atoms with Crippen molar-refractivity contribution in [3.05, 3.63) is 132 Å². The fourth-order valence-corrected chi connectivity index (χ4v) is 13.1. The fraction of sp³-hybridized carbons (Fsp3) is 0. The normalized spacial score (nSPS) is 13.1. The Hall–Kier alpha value is -3.94. The van der Waals surface area contributed by atoms with Gasteiger partial charge in [0.2, 0.25) is 0 Å². The quantitative estimate of drug-likeness (QED) is 0.186. The number of rotatable bonds is 3. The molecule has 0 saturated carbocycles. The van der Waals surface area contributed by atoms with Crippen molar-refractivity contribution in [2.45, 2.75) is 0 Å². The van der Waals surface area contributed by atoms with E-state index in [2.05, 4.69) is 84.9 Å². The van der Waals surface area contributed by atoms with Crippen molar-refractivity contribution in [3.63, 3.8) is 0 Å². The summed E-state index contributed by atoms with van der Waals surface area (Å²) in [4.78, 5) is 15.4. The standard InChI is InChI=1S/C33H20IN3S/c1-3-11-21(12-4-1)31-35-32(22-13-5-2-6-14-22)37-33(36-31)34-27-17-9-7-15-23(27)25-19-20-26-24-16-8-10-18-28(24)38-30(26)29(25)34/h1-20H. The van der Waals surface area contributed by atoms with E-state index in [-0.39, 0.29) is 0 Å². The average Bonchev–Trinajstić information content (AvgIpc) is 3.54. The van der Waals surface area contributed by atoms with Crippen LogP contribution in [0.25, 0.3) is 54.1 Å². The first-order valence-electron chi connectivity index (χ1n) is 12.5. The first-order chi connectivity index (χ1) is 18.8. The molecule has 0 radical (unpaired) electrons. The summed E-state index contributed by atoms with van der Waals surface area (Å²) in [5, 5.41) is 2.66. The summed E-state index contributed by atoms with van der Waals surface area (Å²) in [6.45, 7) is 0. The van der Waals surface area contributed by atoms with Gasteiger partial charge in [0.15, 0.2) is 0 Å². The third kappa shape index (κ3) is 3.42. The molecule has 3 nitrogen and oxygen atoms in total. The molecule has 3 heterocycles. The predicted octanol–water partition coefficient (Wildman–Crippen LogP) is 8.97. The van der Waals surface area contributed by atoms with Gasteiger partial charge in [-0.2, -0.15) is 0 Å². The molecule has 0 N–H and O–H groups in total. The van der Waals surface area contributed by atoms with Crippen LogP contribution in [0.3, 0.4) is 0 Å². The number of aromatic nitrogens is 3.